The number of esters is 2. The van der Waals surface area contributed by atoms with Crippen molar-refractivity contribution in [3.8, 4) is 0 Å². The largest absolute Gasteiger partial charge is 0.459 e. The minimum Gasteiger partial charge on any atom is -0.459 e. The Labute approximate surface area is 243 Å². The zero-order valence-electron chi connectivity index (χ0n) is 22.7. The summed E-state index contributed by atoms with van der Waals surface area (Å²) in [6, 6.07) is -0.712. The van der Waals surface area contributed by atoms with Gasteiger partial charge in [0, 0.05) is 6.54 Å². The number of carbonyl (C=O) groups excluding carboxylic acids is 5. The second kappa shape index (κ2) is 9.60. The van der Waals surface area contributed by atoms with Crippen LogP contribution in [0.15, 0.2) is 0 Å². The minimum absolute atomic E-state index is 0.152. The maximum Gasteiger partial charge on any atom is 0.417 e. The first kappa shape index (κ1) is 28.6. The monoisotopic (exact) mass is 676 g/mol. The van der Waals surface area contributed by atoms with Crippen LogP contribution in [0.25, 0.3) is 0 Å². The molecule has 0 aromatic heterocycles. The average molecular weight is 678 g/mol. The summed E-state index contributed by atoms with van der Waals surface area (Å²) in [4.78, 5) is 63.2. The van der Waals surface area contributed by atoms with Gasteiger partial charge in [-0.1, -0.05) is 31.9 Å². The highest BCUT2D eigenvalue weighted by Crippen LogP contribution is 2.50. The molecule has 6 aliphatic heterocycles. The summed E-state index contributed by atoms with van der Waals surface area (Å²) in [5.74, 6) is -1.51. The molecule has 8 bridgehead atoms. The van der Waals surface area contributed by atoms with Gasteiger partial charge in [0.25, 0.3) is 0 Å². The maximum atomic E-state index is 12.4. The Morgan fingerprint density at radius 3 is 1.85 bits per heavy atom. The Bertz CT molecular complexity index is 1100. The number of carbonyl (C=O) groups is 5. The third-order valence-electron chi connectivity index (χ3n) is 8.00. The summed E-state index contributed by atoms with van der Waals surface area (Å²) in [7, 11) is 0. The lowest BCUT2D eigenvalue weighted by Crippen LogP contribution is -2.66. The van der Waals surface area contributed by atoms with Crippen LogP contribution in [0.4, 0.5) is 9.59 Å². The van der Waals surface area contributed by atoms with Crippen molar-refractivity contribution < 1.29 is 42.9 Å². The molecule has 13 heteroatoms. The molecule has 39 heavy (non-hydrogen) atoms. The Kier molecular flexibility index (Phi) is 7.04. The predicted octanol–water partition coefficient (Wildman–Crippen LogP) is 3.39. The molecule has 2 saturated carbocycles. The molecule has 6 heterocycles. The molecule has 6 saturated heterocycles. The number of imide groups is 1. The lowest BCUT2D eigenvalue weighted by atomic mass is 9.72. The molecule has 11 nitrogen and oxygen atoms in total. The Morgan fingerprint density at radius 1 is 0.769 bits per heavy atom. The number of fused-ring (bicyclic) bond motifs is 2. The van der Waals surface area contributed by atoms with Gasteiger partial charge in [-0.05, 0) is 60.3 Å². The second-order valence-electron chi connectivity index (χ2n) is 13.0. The average Bonchev–Trinajstić information content (AvgIpc) is 3.24. The van der Waals surface area contributed by atoms with E-state index in [0.29, 0.717) is 13.0 Å². The van der Waals surface area contributed by atoms with E-state index in [2.05, 4.69) is 31.9 Å². The zero-order valence-corrected chi connectivity index (χ0v) is 25.9. The number of hydrogen-bond donors (Lipinski definition) is 0. The molecule has 8 aliphatic rings. The van der Waals surface area contributed by atoms with Crippen molar-refractivity contribution in [2.45, 2.75) is 99.5 Å². The van der Waals surface area contributed by atoms with Gasteiger partial charge >= 0.3 is 24.1 Å². The lowest BCUT2D eigenvalue weighted by molar-refractivity contribution is -0.150. The van der Waals surface area contributed by atoms with Crippen molar-refractivity contribution in [2.75, 3.05) is 6.54 Å². The smallest absolute Gasteiger partial charge is 0.417 e. The van der Waals surface area contributed by atoms with Gasteiger partial charge in [-0.25, -0.2) is 14.5 Å². The standard InChI is InChI=1S/C13H16BrNO5.C13H18BrNO4/c1-13(2,3)20-12(18)15-8-6-4-5(10(15)16)7(14)9(8)19-11(6)17;1-13(2,3)19-12(17)15-5-6-4-7-9(15)10(8(6)14)18-11(7)16/h5-9H,4H2,1-3H3;6-10H,4-5H2,1-3H3. The summed E-state index contributed by atoms with van der Waals surface area (Å²) in [6.07, 6.45) is -0.475. The van der Waals surface area contributed by atoms with Crippen LogP contribution < -0.4 is 0 Å². The number of hydrogen-bond acceptors (Lipinski definition) is 9. The topological polar surface area (TPSA) is 129 Å². The van der Waals surface area contributed by atoms with Crippen molar-refractivity contribution in [1.82, 2.24) is 9.80 Å². The molecule has 216 valence electrons. The van der Waals surface area contributed by atoms with Gasteiger partial charge in [0.05, 0.1) is 39.5 Å². The van der Waals surface area contributed by atoms with E-state index in [-0.39, 0.29) is 57.6 Å². The fraction of sp³-hybridized carbons (Fsp3) is 0.808. The van der Waals surface area contributed by atoms with Crippen molar-refractivity contribution >= 4 is 61.9 Å². The maximum absolute atomic E-state index is 12.4. The van der Waals surface area contributed by atoms with Gasteiger partial charge in [-0.2, -0.15) is 0 Å². The number of nitrogens with zero attached hydrogens (tertiary/aromatic N) is 2. The third kappa shape index (κ3) is 4.95. The summed E-state index contributed by atoms with van der Waals surface area (Å²) >= 11 is 7.04. The van der Waals surface area contributed by atoms with Crippen LogP contribution in [-0.4, -0.2) is 91.5 Å². The van der Waals surface area contributed by atoms with E-state index in [1.165, 1.54) is 0 Å². The van der Waals surface area contributed by atoms with Gasteiger partial charge in [0.2, 0.25) is 5.91 Å². The van der Waals surface area contributed by atoms with Gasteiger partial charge in [-0.3, -0.25) is 14.4 Å². The highest BCUT2D eigenvalue weighted by Gasteiger charge is 2.66. The molecule has 0 spiro atoms. The Morgan fingerprint density at radius 2 is 1.28 bits per heavy atom. The molecule has 0 aromatic rings. The zero-order chi connectivity index (χ0) is 28.8. The van der Waals surface area contributed by atoms with Gasteiger partial charge in [0.1, 0.15) is 23.4 Å². The van der Waals surface area contributed by atoms with Crippen LogP contribution in [0.3, 0.4) is 0 Å². The Hall–Kier alpha value is -1.89. The molecule has 8 rings (SSSR count). The first-order chi connectivity index (χ1) is 18.0. The van der Waals surface area contributed by atoms with E-state index in [1.807, 2.05) is 20.8 Å². The normalized spacial score (nSPS) is 39.6. The number of alkyl halides is 2. The van der Waals surface area contributed by atoms with Gasteiger partial charge in [-0.15, -0.1) is 0 Å². The highest BCUT2D eigenvalue weighted by atomic mass is 79.9. The van der Waals surface area contributed by atoms with E-state index < -0.39 is 41.3 Å². The second-order valence-corrected chi connectivity index (χ2v) is 15.2. The summed E-state index contributed by atoms with van der Waals surface area (Å²) in [6.45, 7) is 11.4. The SMILES string of the molecule is CC(C)(C)OC(=O)N1C(=O)C2CC3C(=O)OC(C2Br)C31.CC(C)(C)OC(=O)N1CC2CC3C(=O)OC(C2Br)C31. The molecule has 2 aliphatic carbocycles. The molecule has 10 unspecified atom stereocenters. The first-order valence-corrected chi connectivity index (χ1v) is 15.1. The fourth-order valence-corrected chi connectivity index (χ4v) is 8.19. The van der Waals surface area contributed by atoms with Crippen LogP contribution >= 0.6 is 31.9 Å². The third-order valence-corrected chi connectivity index (χ3v) is 10.4. The summed E-state index contributed by atoms with van der Waals surface area (Å²) < 4.78 is 21.4. The summed E-state index contributed by atoms with van der Waals surface area (Å²) in [5, 5.41) is 0. The van der Waals surface area contributed by atoms with Gasteiger partial charge < -0.3 is 23.8 Å². The number of ether oxygens (including phenoxy) is 4. The quantitative estimate of drug-likeness (QED) is 0.215. The number of halogens is 2. The number of amides is 3. The molecule has 3 amide bonds. The Balaban J connectivity index is 0.000000158. The van der Waals surface area contributed by atoms with E-state index in [1.54, 1.807) is 25.7 Å². The molecule has 0 N–H and O–H groups in total. The van der Waals surface area contributed by atoms with E-state index in [9.17, 15) is 24.0 Å². The molecular weight excluding hydrogens is 644 g/mol. The summed E-state index contributed by atoms with van der Waals surface area (Å²) in [5.41, 5.74) is -1.21. The van der Waals surface area contributed by atoms with Crippen molar-refractivity contribution in [1.29, 1.82) is 0 Å². The molecule has 0 radical (unpaired) electrons. The number of rotatable bonds is 0. The fourth-order valence-electron chi connectivity index (χ4n) is 6.53. The first-order valence-electron chi connectivity index (χ1n) is 13.2. The van der Waals surface area contributed by atoms with Crippen molar-refractivity contribution in [3.05, 3.63) is 0 Å². The van der Waals surface area contributed by atoms with E-state index in [4.69, 9.17) is 18.9 Å². The number of piperidine rings is 4. The molecule has 8 fully saturated rings. The molecular formula is C26H34Br2N2O9. The minimum atomic E-state index is -0.690. The van der Waals surface area contributed by atoms with Crippen LogP contribution in [0.2, 0.25) is 0 Å². The predicted molar refractivity (Wildman–Crippen MR) is 142 cm³/mol. The van der Waals surface area contributed by atoms with Crippen molar-refractivity contribution in [3.63, 3.8) is 0 Å². The molecule has 0 aromatic carbocycles. The van der Waals surface area contributed by atoms with Crippen LogP contribution in [0, 0.1) is 23.7 Å². The van der Waals surface area contributed by atoms with Crippen LogP contribution in [-0.2, 0) is 33.3 Å². The van der Waals surface area contributed by atoms with E-state index >= 15 is 0 Å². The van der Waals surface area contributed by atoms with Gasteiger partial charge in [0.15, 0.2) is 0 Å². The van der Waals surface area contributed by atoms with E-state index in [0.717, 1.165) is 11.3 Å². The van der Waals surface area contributed by atoms with Crippen LogP contribution in [0.5, 0.6) is 0 Å². The lowest BCUT2D eigenvalue weighted by Gasteiger charge is -2.49. The highest BCUT2D eigenvalue weighted by molar-refractivity contribution is 9.09. The van der Waals surface area contributed by atoms with Crippen molar-refractivity contribution in [2.24, 2.45) is 23.7 Å². The molecule has 10 atom stereocenters. The van der Waals surface area contributed by atoms with Crippen LogP contribution in [0.1, 0.15) is 54.4 Å².